The number of aliphatic hydroxyl groups excluding tert-OH is 12. The fraction of sp³-hybridized carbons (Fsp3) is 0.960. The van der Waals surface area contributed by atoms with E-state index in [0.717, 1.165) is 44.9 Å². The lowest BCUT2D eigenvalue weighted by molar-refractivity contribution is -0.385. The van der Waals surface area contributed by atoms with Gasteiger partial charge < -0.3 is 104 Å². The van der Waals surface area contributed by atoms with E-state index in [4.69, 9.17) is 42.6 Å². The lowest BCUT2D eigenvalue weighted by Gasteiger charge is -2.58. The molecule has 0 aromatic heterocycles. The van der Waals surface area contributed by atoms with Crippen molar-refractivity contribution in [2.75, 3.05) is 26.4 Å². The van der Waals surface area contributed by atoms with Crippen molar-refractivity contribution in [3.8, 4) is 0 Å². The molecular formula is C50H82O21. The van der Waals surface area contributed by atoms with Crippen molar-refractivity contribution in [3.05, 3.63) is 11.6 Å². The van der Waals surface area contributed by atoms with Crippen LogP contribution < -0.4 is 0 Å². The highest BCUT2D eigenvalue weighted by Crippen LogP contribution is 2.69. The summed E-state index contributed by atoms with van der Waals surface area (Å²) in [7, 11) is 0. The molecule has 0 radical (unpaired) electrons. The maximum Gasteiger partial charge on any atom is 0.187 e. The molecule has 0 amide bonds. The van der Waals surface area contributed by atoms with E-state index in [-0.39, 0.29) is 42.2 Å². The van der Waals surface area contributed by atoms with E-state index >= 15 is 0 Å². The van der Waals surface area contributed by atoms with Gasteiger partial charge >= 0.3 is 0 Å². The maximum atomic E-state index is 12.0. The van der Waals surface area contributed by atoms with Gasteiger partial charge in [-0.3, -0.25) is 0 Å². The van der Waals surface area contributed by atoms with Gasteiger partial charge in [-0.1, -0.05) is 39.3 Å². The zero-order valence-electron chi connectivity index (χ0n) is 41.5. The molecule has 71 heavy (non-hydrogen) atoms. The summed E-state index contributed by atoms with van der Waals surface area (Å²) in [5.41, 5.74) is 1.36. The van der Waals surface area contributed by atoms with E-state index in [9.17, 15) is 61.3 Å². The van der Waals surface area contributed by atoms with Crippen molar-refractivity contribution in [1.29, 1.82) is 0 Å². The first-order valence-electron chi connectivity index (χ1n) is 26.2. The van der Waals surface area contributed by atoms with E-state index in [1.807, 2.05) is 0 Å². The van der Waals surface area contributed by atoms with Gasteiger partial charge in [0.2, 0.25) is 0 Å². The second kappa shape index (κ2) is 21.7. The van der Waals surface area contributed by atoms with E-state index in [2.05, 4.69) is 33.8 Å². The maximum absolute atomic E-state index is 12.0. The largest absolute Gasteiger partial charge is 0.394 e. The molecule has 0 aromatic rings. The molecule has 30 atom stereocenters. The minimum absolute atomic E-state index is 0.0772. The van der Waals surface area contributed by atoms with Gasteiger partial charge in [0.05, 0.1) is 50.8 Å². The van der Waals surface area contributed by atoms with Crippen LogP contribution in [0.4, 0.5) is 0 Å². The van der Waals surface area contributed by atoms with Crippen LogP contribution in [-0.2, 0) is 42.6 Å². The number of hydrogen-bond acceptors (Lipinski definition) is 21. The summed E-state index contributed by atoms with van der Waals surface area (Å²) >= 11 is 0. The summed E-state index contributed by atoms with van der Waals surface area (Å²) in [6.45, 7) is 9.51. The van der Waals surface area contributed by atoms with Crippen molar-refractivity contribution in [3.63, 3.8) is 0 Å². The van der Waals surface area contributed by atoms with Crippen LogP contribution in [0.15, 0.2) is 11.6 Å². The summed E-state index contributed by atoms with van der Waals surface area (Å²) < 4.78 is 54.6. The van der Waals surface area contributed by atoms with Crippen LogP contribution in [0.25, 0.3) is 0 Å². The van der Waals surface area contributed by atoms with Gasteiger partial charge in [0.25, 0.3) is 0 Å². The average molecular weight is 1020 g/mol. The Kier molecular flexibility index (Phi) is 16.7. The molecule has 5 aliphatic heterocycles. The van der Waals surface area contributed by atoms with Gasteiger partial charge in [0.1, 0.15) is 85.5 Å². The molecule has 5 heterocycles. The van der Waals surface area contributed by atoms with Crippen LogP contribution in [-0.4, -0.2) is 223 Å². The normalized spacial score (nSPS) is 54.6. The highest BCUT2D eigenvalue weighted by molar-refractivity contribution is 5.26. The predicted molar refractivity (Wildman–Crippen MR) is 243 cm³/mol. The molecule has 8 fully saturated rings. The topological polar surface area (TPSA) is 326 Å². The first-order chi connectivity index (χ1) is 33.7. The first kappa shape index (κ1) is 54.7. The fourth-order valence-electron chi connectivity index (χ4n) is 14.7. The molecule has 3 saturated carbocycles. The van der Waals surface area contributed by atoms with Crippen molar-refractivity contribution in [2.24, 2.45) is 46.3 Å². The lowest BCUT2D eigenvalue weighted by Crippen LogP contribution is -2.66. The van der Waals surface area contributed by atoms with Crippen LogP contribution in [0.1, 0.15) is 92.4 Å². The van der Waals surface area contributed by atoms with Gasteiger partial charge in [-0.2, -0.15) is 0 Å². The van der Waals surface area contributed by atoms with Crippen LogP contribution in [0.5, 0.6) is 0 Å². The monoisotopic (exact) mass is 1020 g/mol. The Bertz CT molecular complexity index is 1810. The molecule has 408 valence electrons. The van der Waals surface area contributed by atoms with Gasteiger partial charge in [0.15, 0.2) is 25.2 Å². The van der Waals surface area contributed by atoms with Crippen molar-refractivity contribution in [2.45, 2.75) is 227 Å². The Labute approximate surface area is 414 Å². The van der Waals surface area contributed by atoms with Gasteiger partial charge in [-0.05, 0) is 111 Å². The molecule has 5 saturated heterocycles. The Morgan fingerprint density at radius 2 is 1.34 bits per heavy atom. The highest BCUT2D eigenvalue weighted by atomic mass is 16.8. The molecule has 9 aliphatic rings. The molecule has 21 nitrogen and oxygen atoms in total. The van der Waals surface area contributed by atoms with Crippen LogP contribution in [0, 0.1) is 46.3 Å². The fourth-order valence-corrected chi connectivity index (χ4v) is 14.7. The standard InChI is InChI=1S/C50H82O21/c1-20(18-63-45-40(60)38(58)36(56)31(16-51)68-45)6-9-29-21(2)33-30(67-29)15-27-25-8-7-23-14-24(10-12-49(23,4)26(25)11-13-50(27,33)5)66-48-44(71-47-41(61)37(57)34(54)22(3)65-47)42(62)43(32(17-52)69-48)70-46-39(59)35(55)28(53)19-64-46/h7,20-22,24-48,51-62H,6,8-19H2,1-5H3/t20-,21-,22-,24+,25?,26?,27?,28-,29?,30?,31-,32-,33?,34-,35+,36-,37+,38+,39-,40-,41-,42+,43-,44-,45-,46+,47+,48-,49+,50+/m1/s1. The number of allylic oxidation sites excluding steroid dienone is 1. The minimum atomic E-state index is -1.73. The van der Waals surface area contributed by atoms with Crippen LogP contribution in [0.2, 0.25) is 0 Å². The molecule has 4 aliphatic carbocycles. The van der Waals surface area contributed by atoms with E-state index in [1.165, 1.54) is 12.5 Å². The van der Waals surface area contributed by atoms with Gasteiger partial charge in [-0.15, -0.1) is 0 Å². The summed E-state index contributed by atoms with van der Waals surface area (Å²) in [4.78, 5) is 0. The number of rotatable bonds is 14. The third-order valence-electron chi connectivity index (χ3n) is 19.0. The molecule has 0 bridgehead atoms. The molecule has 0 spiro atoms. The zero-order valence-corrected chi connectivity index (χ0v) is 41.5. The predicted octanol–water partition coefficient (Wildman–Crippen LogP) is -1.69. The van der Waals surface area contributed by atoms with Crippen LogP contribution in [0.3, 0.4) is 0 Å². The second-order valence-corrected chi connectivity index (χ2v) is 23.2. The van der Waals surface area contributed by atoms with Crippen molar-refractivity contribution < 1.29 is 104 Å². The number of hydrogen-bond donors (Lipinski definition) is 12. The summed E-state index contributed by atoms with van der Waals surface area (Å²) in [6, 6.07) is 0. The average Bonchev–Trinajstić information content (AvgIpc) is 3.84. The lowest BCUT2D eigenvalue weighted by atomic mass is 9.47. The number of fused-ring (bicyclic) bond motifs is 7. The van der Waals surface area contributed by atoms with Crippen LogP contribution >= 0.6 is 0 Å². The third-order valence-corrected chi connectivity index (χ3v) is 19.0. The smallest absolute Gasteiger partial charge is 0.187 e. The Hall–Kier alpha value is -1.10. The zero-order chi connectivity index (χ0) is 51.0. The van der Waals surface area contributed by atoms with Gasteiger partial charge in [0, 0.05) is 0 Å². The highest BCUT2D eigenvalue weighted by Gasteiger charge is 2.65. The van der Waals surface area contributed by atoms with E-state index < -0.39 is 136 Å². The summed E-state index contributed by atoms with van der Waals surface area (Å²) in [5, 5.41) is 126. The van der Waals surface area contributed by atoms with Crippen molar-refractivity contribution >= 4 is 0 Å². The molecule has 6 unspecified atom stereocenters. The molecule has 0 aromatic carbocycles. The second-order valence-electron chi connectivity index (χ2n) is 23.2. The Morgan fingerprint density at radius 1 is 0.662 bits per heavy atom. The molecule has 21 heteroatoms. The molecular weight excluding hydrogens is 937 g/mol. The summed E-state index contributed by atoms with van der Waals surface area (Å²) in [5.74, 6) is 2.36. The third kappa shape index (κ3) is 10.1. The van der Waals surface area contributed by atoms with E-state index in [1.54, 1.807) is 0 Å². The quantitative estimate of drug-likeness (QED) is 0.0864. The van der Waals surface area contributed by atoms with Crippen molar-refractivity contribution in [1.82, 2.24) is 0 Å². The SMILES string of the molecule is C[C@H](CCC1OC2CC3C4CC=C5C[C@@H](O[C@@H]6O[C@H](CO)[C@@H](O[C@@H]7OC[C@@H](O)[C@H](O)[C@H]7O)[C@H](O)[C@H]6O[C@@H]6O[C@H](C)[C@@H](O)[C@H](O)[C@H]6O)CC[C@]5(C)C4CC[C@]3(C)C2[C@@H]1C)CO[C@@H]1O[C@H](CO)[C@@H](O)[C@H](O)[C@H]1O. The number of aliphatic hydroxyl groups is 12. The first-order valence-corrected chi connectivity index (χ1v) is 26.2. The molecule has 12 N–H and O–H groups in total. The van der Waals surface area contributed by atoms with Gasteiger partial charge in [-0.25, -0.2) is 0 Å². The summed E-state index contributed by atoms with van der Waals surface area (Å²) in [6.07, 6.45) is -17.0. The van der Waals surface area contributed by atoms with E-state index in [0.29, 0.717) is 42.4 Å². The Morgan fingerprint density at radius 3 is 2.07 bits per heavy atom. The minimum Gasteiger partial charge on any atom is -0.394 e. The Balaban J connectivity index is 0.833. The molecule has 9 rings (SSSR count). The number of ether oxygens (including phenoxy) is 9.